The van der Waals surface area contributed by atoms with Gasteiger partial charge in [-0.05, 0) is 38.0 Å². The van der Waals surface area contributed by atoms with Crippen LogP contribution in [0.5, 0.6) is 0 Å². The second kappa shape index (κ2) is 6.26. The SMILES string of the molecule is CCC(NC(=O)N1CCCC1C1CCCC1)C(=O)O. The fraction of sp³-hybridized carbons (Fsp3) is 0.857. The molecule has 2 unspecified atom stereocenters. The molecule has 2 atom stereocenters. The highest BCUT2D eigenvalue weighted by Gasteiger charge is 2.36. The van der Waals surface area contributed by atoms with Crippen molar-refractivity contribution in [2.24, 2.45) is 5.92 Å². The number of carboxylic acid groups (broad SMARTS) is 1. The van der Waals surface area contributed by atoms with Gasteiger partial charge in [0.15, 0.2) is 0 Å². The summed E-state index contributed by atoms with van der Waals surface area (Å²) in [4.78, 5) is 25.1. The van der Waals surface area contributed by atoms with Crippen LogP contribution in [-0.2, 0) is 4.79 Å². The van der Waals surface area contributed by atoms with Crippen LogP contribution < -0.4 is 5.32 Å². The van der Waals surface area contributed by atoms with Gasteiger partial charge in [-0.25, -0.2) is 9.59 Å². The smallest absolute Gasteiger partial charge is 0.326 e. The van der Waals surface area contributed by atoms with Gasteiger partial charge in [-0.3, -0.25) is 0 Å². The zero-order chi connectivity index (χ0) is 13.8. The van der Waals surface area contributed by atoms with Gasteiger partial charge >= 0.3 is 12.0 Å². The van der Waals surface area contributed by atoms with E-state index >= 15 is 0 Å². The maximum Gasteiger partial charge on any atom is 0.326 e. The van der Waals surface area contributed by atoms with Gasteiger partial charge in [0.05, 0.1) is 0 Å². The molecule has 2 amide bonds. The van der Waals surface area contributed by atoms with Gasteiger partial charge in [-0.2, -0.15) is 0 Å². The van der Waals surface area contributed by atoms with Crippen LogP contribution in [0, 0.1) is 5.92 Å². The zero-order valence-electron chi connectivity index (χ0n) is 11.6. The van der Waals surface area contributed by atoms with E-state index in [4.69, 9.17) is 5.11 Å². The summed E-state index contributed by atoms with van der Waals surface area (Å²) in [5, 5.41) is 11.7. The molecule has 0 aromatic heterocycles. The molecule has 1 heterocycles. The molecule has 1 aliphatic carbocycles. The minimum absolute atomic E-state index is 0.191. The monoisotopic (exact) mass is 268 g/mol. The quantitative estimate of drug-likeness (QED) is 0.821. The van der Waals surface area contributed by atoms with Crippen molar-refractivity contribution in [2.75, 3.05) is 6.54 Å². The van der Waals surface area contributed by atoms with Crippen LogP contribution in [0.3, 0.4) is 0 Å². The molecule has 2 N–H and O–H groups in total. The third-order valence-corrected chi connectivity index (χ3v) is 4.51. The minimum atomic E-state index is -0.951. The first-order chi connectivity index (χ1) is 9.13. The van der Waals surface area contributed by atoms with E-state index in [0.29, 0.717) is 18.4 Å². The molecule has 1 saturated heterocycles. The molecule has 1 saturated carbocycles. The van der Waals surface area contributed by atoms with Gasteiger partial charge < -0.3 is 15.3 Å². The molecule has 0 bridgehead atoms. The lowest BCUT2D eigenvalue weighted by molar-refractivity contribution is -0.139. The number of urea groups is 1. The molecule has 5 heteroatoms. The van der Waals surface area contributed by atoms with Gasteiger partial charge in [0.2, 0.25) is 0 Å². The molecule has 1 aliphatic heterocycles. The maximum absolute atomic E-state index is 12.2. The van der Waals surface area contributed by atoms with Crippen LogP contribution in [0.15, 0.2) is 0 Å². The fourth-order valence-corrected chi connectivity index (χ4v) is 3.45. The van der Waals surface area contributed by atoms with Crippen LogP contribution in [-0.4, -0.2) is 40.6 Å². The molecule has 0 spiro atoms. The van der Waals surface area contributed by atoms with Crippen molar-refractivity contribution in [1.29, 1.82) is 0 Å². The van der Waals surface area contributed by atoms with Gasteiger partial charge in [0, 0.05) is 12.6 Å². The topological polar surface area (TPSA) is 69.6 Å². The largest absolute Gasteiger partial charge is 0.480 e. The summed E-state index contributed by atoms with van der Waals surface area (Å²) >= 11 is 0. The highest BCUT2D eigenvalue weighted by atomic mass is 16.4. The van der Waals surface area contributed by atoms with E-state index in [-0.39, 0.29) is 6.03 Å². The number of nitrogens with zero attached hydrogens (tertiary/aromatic N) is 1. The van der Waals surface area contributed by atoms with Crippen LogP contribution in [0.4, 0.5) is 4.79 Å². The number of carboxylic acids is 1. The van der Waals surface area contributed by atoms with E-state index in [1.54, 1.807) is 6.92 Å². The highest BCUT2D eigenvalue weighted by Crippen LogP contribution is 2.35. The molecule has 0 aromatic rings. The molecule has 0 radical (unpaired) electrons. The second-order valence-corrected chi connectivity index (χ2v) is 5.70. The standard InChI is InChI=1S/C14H24N2O3/c1-2-11(13(17)18)15-14(19)16-9-5-8-12(16)10-6-3-4-7-10/h10-12H,2-9H2,1H3,(H,15,19)(H,17,18). The average molecular weight is 268 g/mol. The number of hydrogen-bond acceptors (Lipinski definition) is 2. The van der Waals surface area contributed by atoms with Crippen molar-refractivity contribution in [3.8, 4) is 0 Å². The third kappa shape index (κ3) is 3.19. The highest BCUT2D eigenvalue weighted by molar-refractivity contribution is 5.82. The number of hydrogen-bond donors (Lipinski definition) is 2. The number of carbonyl (C=O) groups is 2. The number of amides is 2. The molecular weight excluding hydrogens is 244 g/mol. The summed E-state index contributed by atoms with van der Waals surface area (Å²) in [5.41, 5.74) is 0. The Balaban J connectivity index is 1.95. The minimum Gasteiger partial charge on any atom is -0.480 e. The van der Waals surface area contributed by atoms with E-state index in [9.17, 15) is 9.59 Å². The van der Waals surface area contributed by atoms with Crippen LogP contribution >= 0.6 is 0 Å². The predicted molar refractivity (Wildman–Crippen MR) is 71.9 cm³/mol. The van der Waals surface area contributed by atoms with Gasteiger partial charge in [-0.15, -0.1) is 0 Å². The van der Waals surface area contributed by atoms with Crippen molar-refractivity contribution in [3.05, 3.63) is 0 Å². The van der Waals surface area contributed by atoms with Gasteiger partial charge in [0.25, 0.3) is 0 Å². The molecule has 0 aromatic carbocycles. The summed E-state index contributed by atoms with van der Waals surface area (Å²) in [5.74, 6) is -0.328. The molecular formula is C14H24N2O3. The van der Waals surface area contributed by atoms with E-state index in [1.165, 1.54) is 25.7 Å². The Morgan fingerprint density at radius 2 is 1.95 bits per heavy atom. The summed E-state index contributed by atoms with van der Waals surface area (Å²) in [6.45, 7) is 2.54. The average Bonchev–Trinajstić information content (AvgIpc) is 3.03. The Morgan fingerprint density at radius 1 is 1.26 bits per heavy atom. The first-order valence-electron chi connectivity index (χ1n) is 7.43. The molecule has 2 fully saturated rings. The Labute approximate surface area is 114 Å². The number of rotatable bonds is 4. The molecule has 108 valence electrons. The Bertz CT molecular complexity index is 340. The van der Waals surface area contributed by atoms with E-state index in [2.05, 4.69) is 5.32 Å². The summed E-state index contributed by atoms with van der Waals surface area (Å²) in [6.07, 6.45) is 7.49. The van der Waals surface area contributed by atoms with Gasteiger partial charge in [-0.1, -0.05) is 19.8 Å². The van der Waals surface area contributed by atoms with Crippen molar-refractivity contribution < 1.29 is 14.7 Å². The maximum atomic E-state index is 12.2. The van der Waals surface area contributed by atoms with E-state index < -0.39 is 12.0 Å². The Hall–Kier alpha value is -1.26. The van der Waals surface area contributed by atoms with Crippen LogP contribution in [0.2, 0.25) is 0 Å². The lowest BCUT2D eigenvalue weighted by Gasteiger charge is -2.30. The molecule has 19 heavy (non-hydrogen) atoms. The number of aliphatic carboxylic acids is 1. The first kappa shape index (κ1) is 14.2. The Kier molecular flexibility index (Phi) is 4.66. The predicted octanol–water partition coefficient (Wildman–Crippen LogP) is 2.21. The number of nitrogens with one attached hydrogen (secondary N) is 1. The molecule has 5 nitrogen and oxygen atoms in total. The van der Waals surface area contributed by atoms with Crippen LogP contribution in [0.1, 0.15) is 51.9 Å². The summed E-state index contributed by atoms with van der Waals surface area (Å²) < 4.78 is 0. The number of likely N-dealkylation sites (tertiary alicyclic amines) is 1. The zero-order valence-corrected chi connectivity index (χ0v) is 11.6. The second-order valence-electron chi connectivity index (χ2n) is 5.70. The van der Waals surface area contributed by atoms with Crippen molar-refractivity contribution >= 4 is 12.0 Å². The van der Waals surface area contributed by atoms with Crippen molar-refractivity contribution in [2.45, 2.75) is 64.0 Å². The molecule has 2 rings (SSSR count). The lowest BCUT2D eigenvalue weighted by Crippen LogP contribution is -2.50. The fourth-order valence-electron chi connectivity index (χ4n) is 3.45. The van der Waals surface area contributed by atoms with E-state index in [1.807, 2.05) is 4.90 Å². The first-order valence-corrected chi connectivity index (χ1v) is 7.43. The third-order valence-electron chi connectivity index (χ3n) is 4.51. The van der Waals surface area contributed by atoms with E-state index in [0.717, 1.165) is 19.4 Å². The van der Waals surface area contributed by atoms with Gasteiger partial charge in [0.1, 0.15) is 6.04 Å². The Morgan fingerprint density at radius 3 is 2.53 bits per heavy atom. The molecule has 2 aliphatic rings. The normalized spacial score (nSPS) is 25.5. The summed E-state index contributed by atoms with van der Waals surface area (Å²) in [7, 11) is 0. The lowest BCUT2D eigenvalue weighted by atomic mass is 9.96. The van der Waals surface area contributed by atoms with Crippen LogP contribution in [0.25, 0.3) is 0 Å². The van der Waals surface area contributed by atoms with Crippen molar-refractivity contribution in [3.63, 3.8) is 0 Å². The number of carbonyl (C=O) groups excluding carboxylic acids is 1. The van der Waals surface area contributed by atoms with Crippen molar-refractivity contribution in [1.82, 2.24) is 10.2 Å². The summed E-state index contributed by atoms with van der Waals surface area (Å²) in [6, 6.07) is -0.630.